The number of carbonyl (C=O) groups excluding carboxylic acids is 1. The van der Waals surface area contributed by atoms with Crippen molar-refractivity contribution in [2.75, 3.05) is 13.1 Å². The number of nitrogens with zero attached hydrogens (tertiary/aromatic N) is 1. The van der Waals surface area contributed by atoms with Crippen LogP contribution in [0.3, 0.4) is 0 Å². The van der Waals surface area contributed by atoms with Crippen molar-refractivity contribution >= 4 is 28.7 Å². The zero-order valence-corrected chi connectivity index (χ0v) is 19.4. The molecule has 32 heavy (non-hydrogen) atoms. The number of rotatable bonds is 8. The van der Waals surface area contributed by atoms with Gasteiger partial charge in [-0.25, -0.2) is 8.93 Å². The Morgan fingerprint density at radius 1 is 1.22 bits per heavy atom. The maximum Gasteiger partial charge on any atom is 0.416 e. The molecule has 180 valence electrons. The topological polar surface area (TPSA) is 70.6 Å². The summed E-state index contributed by atoms with van der Waals surface area (Å²) in [4.78, 5) is 13.4. The van der Waals surface area contributed by atoms with E-state index >= 15 is 0 Å². The minimum atomic E-state index is -4.38. The summed E-state index contributed by atoms with van der Waals surface area (Å²) in [5.74, 6) is 3.66. The second-order valence-electron chi connectivity index (χ2n) is 7.05. The molecule has 0 spiro atoms. The highest BCUT2D eigenvalue weighted by Gasteiger charge is 2.30. The van der Waals surface area contributed by atoms with Gasteiger partial charge in [0.25, 0.3) is 0 Å². The fourth-order valence-corrected chi connectivity index (χ4v) is 4.15. The maximum atomic E-state index is 12.5. The highest BCUT2D eigenvalue weighted by Crippen LogP contribution is 2.30. The molecule has 0 aliphatic heterocycles. The monoisotopic (exact) mass is 473 g/mol. The third-order valence-electron chi connectivity index (χ3n) is 4.45. The van der Waals surface area contributed by atoms with Gasteiger partial charge in [0.15, 0.2) is 0 Å². The minimum absolute atomic E-state index is 0.135. The summed E-state index contributed by atoms with van der Waals surface area (Å²) >= 11 is 0. The van der Waals surface area contributed by atoms with Crippen LogP contribution in [0.1, 0.15) is 44.6 Å². The van der Waals surface area contributed by atoms with Gasteiger partial charge in [0, 0.05) is 24.0 Å². The van der Waals surface area contributed by atoms with E-state index in [1.807, 2.05) is 6.92 Å². The van der Waals surface area contributed by atoms with Crippen LogP contribution >= 0.6 is 0 Å². The zero-order chi connectivity index (χ0) is 24.6. The molecule has 1 aliphatic carbocycles. The first kappa shape index (κ1) is 29.6. The molecule has 1 aromatic rings. The van der Waals surface area contributed by atoms with Gasteiger partial charge in [-0.1, -0.05) is 38.5 Å². The summed E-state index contributed by atoms with van der Waals surface area (Å²) in [7, 11) is -2.74. The van der Waals surface area contributed by atoms with Gasteiger partial charge in [0.1, 0.15) is 0 Å². The summed E-state index contributed by atoms with van der Waals surface area (Å²) in [6, 6.07) is 4.52. The number of benzene rings is 1. The van der Waals surface area contributed by atoms with E-state index < -0.39 is 21.4 Å². The highest BCUT2D eigenvalue weighted by molar-refractivity contribution is 7.98. The van der Waals surface area contributed by atoms with Crippen LogP contribution in [0.4, 0.5) is 13.2 Å². The van der Waals surface area contributed by atoms with Crippen LogP contribution in [0.15, 0.2) is 59.0 Å². The quantitative estimate of drug-likeness (QED) is 0.246. The molecule has 2 N–H and O–H groups in total. The first-order valence-electron chi connectivity index (χ1n) is 10.2. The lowest BCUT2D eigenvalue weighted by atomic mass is 9.96. The second kappa shape index (κ2) is 15.4. The minimum Gasteiger partial charge on any atom is -0.355 e. The van der Waals surface area contributed by atoms with Crippen LogP contribution in [0, 0.1) is 0 Å². The van der Waals surface area contributed by atoms with Crippen molar-refractivity contribution in [1.29, 1.82) is 0 Å². The number of carbonyl (C=O) groups is 1. The van der Waals surface area contributed by atoms with Crippen molar-refractivity contribution in [3.63, 3.8) is 0 Å². The number of nitrogens with one attached hydrogen (secondary N) is 2. The molecule has 0 heterocycles. The van der Waals surface area contributed by atoms with Gasteiger partial charge in [-0.15, -0.1) is 0 Å². The van der Waals surface area contributed by atoms with Crippen LogP contribution < -0.4 is 10.0 Å². The Kier molecular flexibility index (Phi) is 14.3. The molecule has 1 fully saturated rings. The molecule has 0 radical (unpaired) electrons. The number of alkyl halides is 3. The fourth-order valence-electron chi connectivity index (χ4n) is 2.67. The molecular weight excluding hydrogens is 439 g/mol. The van der Waals surface area contributed by atoms with Gasteiger partial charge >= 0.3 is 6.18 Å². The number of aliphatic imine (C=N–C) groups is 1. The Hall–Kier alpha value is -2.39. The van der Waals surface area contributed by atoms with E-state index in [1.165, 1.54) is 18.6 Å². The molecule has 0 saturated heterocycles. The average Bonchev–Trinajstić information content (AvgIpc) is 2.78. The Balaban J connectivity index is 0.000000666. The number of halogens is 3. The van der Waals surface area contributed by atoms with Gasteiger partial charge in [0.2, 0.25) is 6.41 Å². The van der Waals surface area contributed by atoms with Crippen molar-refractivity contribution in [1.82, 2.24) is 10.0 Å². The molecule has 9 heteroatoms. The molecule has 0 aromatic heterocycles. The number of hydrogen-bond donors (Lipinski definition) is 2. The third-order valence-corrected chi connectivity index (χ3v) is 6.20. The standard InChI is InChI=1S/C14H18F3NOS.C6H9NO.C3H7N/c1-20(19,18-12-5-3-2-4-6-12)13-9-7-11(8-10-13)14(15,16)17;1-3-6(2)4-7-5-8;1-3-4-2/h7-10,12H,1-6H2,(H,18,19);3,5H,1-2,4H2,(H,7,8);2-3H2,1H3. The summed E-state index contributed by atoms with van der Waals surface area (Å²) in [5, 5.41) is 2.45. The lowest BCUT2D eigenvalue weighted by Crippen LogP contribution is -2.36. The lowest BCUT2D eigenvalue weighted by molar-refractivity contribution is -0.137. The zero-order valence-electron chi connectivity index (χ0n) is 18.6. The van der Waals surface area contributed by atoms with Crippen molar-refractivity contribution in [2.24, 2.45) is 4.99 Å². The van der Waals surface area contributed by atoms with Gasteiger partial charge in [-0.05, 0) is 62.2 Å². The molecule has 1 atom stereocenters. The van der Waals surface area contributed by atoms with E-state index in [2.05, 4.69) is 40.8 Å². The maximum absolute atomic E-state index is 12.5. The first-order chi connectivity index (χ1) is 15.0. The van der Waals surface area contributed by atoms with E-state index in [9.17, 15) is 22.2 Å². The summed E-state index contributed by atoms with van der Waals surface area (Å²) < 4.78 is 53.0. The molecule has 1 unspecified atom stereocenters. The van der Waals surface area contributed by atoms with E-state index in [-0.39, 0.29) is 6.04 Å². The Labute approximate surface area is 190 Å². The predicted molar refractivity (Wildman–Crippen MR) is 128 cm³/mol. The molecule has 1 aliphatic rings. The molecule has 0 bridgehead atoms. The molecule has 5 nitrogen and oxygen atoms in total. The predicted octanol–water partition coefficient (Wildman–Crippen LogP) is 4.80. The van der Waals surface area contributed by atoms with Crippen molar-refractivity contribution in [2.45, 2.75) is 56.1 Å². The van der Waals surface area contributed by atoms with Gasteiger partial charge in [-0.3, -0.25) is 4.79 Å². The van der Waals surface area contributed by atoms with Crippen molar-refractivity contribution in [3.05, 3.63) is 54.6 Å². The average molecular weight is 474 g/mol. The largest absolute Gasteiger partial charge is 0.416 e. The molecule has 2 rings (SSSR count). The summed E-state index contributed by atoms with van der Waals surface area (Å²) in [6.07, 6.45) is 3.08. The Morgan fingerprint density at radius 2 is 1.75 bits per heavy atom. The van der Waals surface area contributed by atoms with E-state index in [4.69, 9.17) is 0 Å². The van der Waals surface area contributed by atoms with Crippen LogP contribution in [0.5, 0.6) is 0 Å². The van der Waals surface area contributed by atoms with Crippen LogP contribution in [-0.4, -0.2) is 42.3 Å². The van der Waals surface area contributed by atoms with E-state index in [0.717, 1.165) is 49.9 Å². The Morgan fingerprint density at radius 3 is 2.16 bits per heavy atom. The lowest BCUT2D eigenvalue weighted by Gasteiger charge is -2.25. The molecule has 1 saturated carbocycles. The molecule has 1 aromatic carbocycles. The van der Waals surface area contributed by atoms with Crippen LogP contribution in [0.25, 0.3) is 0 Å². The third kappa shape index (κ3) is 12.5. The van der Waals surface area contributed by atoms with Crippen LogP contribution in [-0.2, 0) is 20.7 Å². The number of hydrogen-bond acceptors (Lipinski definition) is 3. The van der Waals surface area contributed by atoms with E-state index in [1.54, 1.807) is 6.08 Å². The number of amides is 1. The van der Waals surface area contributed by atoms with Gasteiger partial charge < -0.3 is 10.3 Å². The first-order valence-corrected chi connectivity index (χ1v) is 12.0. The summed E-state index contributed by atoms with van der Waals surface area (Å²) in [6.45, 7) is 13.5. The normalized spacial score (nSPS) is 15.5. The second-order valence-corrected chi connectivity index (χ2v) is 9.11. The van der Waals surface area contributed by atoms with Crippen molar-refractivity contribution < 1.29 is 22.2 Å². The molecular formula is C23H34F3N3O2S. The smallest absolute Gasteiger partial charge is 0.355 e. The van der Waals surface area contributed by atoms with Crippen molar-refractivity contribution in [3.8, 4) is 0 Å². The SMILES string of the molecule is C=CC(=C)CNC=O.C=NCC.C=S(=O)(NC1CCCCC1)c1ccc(C(F)(F)F)cc1. The summed E-state index contributed by atoms with van der Waals surface area (Å²) in [5.41, 5.74) is 0.0752. The Bertz CT molecular complexity index is 814. The van der Waals surface area contributed by atoms with E-state index in [0.29, 0.717) is 17.9 Å². The van der Waals surface area contributed by atoms with Gasteiger partial charge in [-0.2, -0.15) is 13.2 Å². The molecule has 1 amide bonds. The fraction of sp³-hybridized carbons (Fsp3) is 0.435. The van der Waals surface area contributed by atoms with Gasteiger partial charge in [0.05, 0.1) is 15.3 Å². The highest BCUT2D eigenvalue weighted by atomic mass is 32.2. The van der Waals surface area contributed by atoms with Crippen LogP contribution in [0.2, 0.25) is 0 Å².